The van der Waals surface area contributed by atoms with E-state index in [1.807, 2.05) is 19.3 Å². The molecule has 0 aromatic rings. The fourth-order valence-electron chi connectivity index (χ4n) is 0.719. The highest BCUT2D eigenvalue weighted by Gasteiger charge is 2.19. The molecule has 0 aliphatic rings. The molecule has 6 nitrogen and oxygen atoms in total. The van der Waals surface area contributed by atoms with E-state index in [1.54, 1.807) is 0 Å². The van der Waals surface area contributed by atoms with E-state index >= 15 is 0 Å². The SMILES string of the molecule is CCC(C)C(N)C(=O)NNC(N)=O. The first kappa shape index (κ1) is 11.7. The Kier molecular flexibility index (Phi) is 4.83. The van der Waals surface area contributed by atoms with Crippen molar-refractivity contribution in [1.82, 2.24) is 10.9 Å². The largest absolute Gasteiger partial charge is 0.350 e. The standard InChI is InChI=1S/C7H16N4O2/c1-3-4(2)5(8)6(12)10-11-7(9)13/h4-5H,3,8H2,1-2H3,(H,10,12)(H3,9,11,13). The van der Waals surface area contributed by atoms with E-state index in [9.17, 15) is 9.59 Å². The Balaban J connectivity index is 3.89. The number of primary amides is 1. The second-order valence-electron chi connectivity index (χ2n) is 2.89. The van der Waals surface area contributed by atoms with Crippen LogP contribution in [0.2, 0.25) is 0 Å². The molecule has 0 radical (unpaired) electrons. The molecule has 6 heteroatoms. The number of hydrogen-bond acceptors (Lipinski definition) is 3. The molecule has 2 atom stereocenters. The van der Waals surface area contributed by atoms with Gasteiger partial charge in [0.15, 0.2) is 0 Å². The fraction of sp³-hybridized carbons (Fsp3) is 0.714. The minimum absolute atomic E-state index is 0.0645. The Morgan fingerprint density at radius 3 is 2.31 bits per heavy atom. The maximum atomic E-state index is 11.1. The van der Waals surface area contributed by atoms with Crippen LogP contribution in [0.25, 0.3) is 0 Å². The zero-order chi connectivity index (χ0) is 10.4. The third kappa shape index (κ3) is 4.32. The summed E-state index contributed by atoms with van der Waals surface area (Å²) in [5, 5.41) is 0. The summed E-state index contributed by atoms with van der Waals surface area (Å²) in [6.07, 6.45) is 0.797. The summed E-state index contributed by atoms with van der Waals surface area (Å²) in [5.74, 6) is -0.372. The highest BCUT2D eigenvalue weighted by molar-refractivity contribution is 5.84. The Hall–Kier alpha value is -1.30. The van der Waals surface area contributed by atoms with Crippen molar-refractivity contribution in [3.05, 3.63) is 0 Å². The van der Waals surface area contributed by atoms with Gasteiger partial charge >= 0.3 is 6.03 Å². The molecule has 0 saturated carbocycles. The van der Waals surface area contributed by atoms with E-state index in [0.29, 0.717) is 0 Å². The summed E-state index contributed by atoms with van der Waals surface area (Å²) >= 11 is 0. The van der Waals surface area contributed by atoms with Crippen molar-refractivity contribution < 1.29 is 9.59 Å². The number of nitrogens with two attached hydrogens (primary N) is 2. The number of amides is 3. The molecule has 0 aromatic carbocycles. The van der Waals surface area contributed by atoms with Gasteiger partial charge in [0.25, 0.3) is 5.91 Å². The van der Waals surface area contributed by atoms with Gasteiger partial charge in [0, 0.05) is 0 Å². The molecule has 0 saturated heterocycles. The molecule has 0 aromatic heterocycles. The summed E-state index contributed by atoms with van der Waals surface area (Å²) in [4.78, 5) is 21.4. The van der Waals surface area contributed by atoms with E-state index < -0.39 is 18.0 Å². The monoisotopic (exact) mass is 188 g/mol. The van der Waals surface area contributed by atoms with Gasteiger partial charge in [-0.1, -0.05) is 20.3 Å². The maximum Gasteiger partial charge on any atom is 0.330 e. The van der Waals surface area contributed by atoms with Crippen LogP contribution >= 0.6 is 0 Å². The van der Waals surface area contributed by atoms with Crippen LogP contribution in [0, 0.1) is 5.92 Å². The van der Waals surface area contributed by atoms with Gasteiger partial charge in [-0.25, -0.2) is 10.2 Å². The number of nitrogens with one attached hydrogen (secondary N) is 2. The minimum atomic E-state index is -0.815. The van der Waals surface area contributed by atoms with Gasteiger partial charge in [0.1, 0.15) is 0 Å². The second-order valence-corrected chi connectivity index (χ2v) is 2.89. The van der Waals surface area contributed by atoms with Crippen LogP contribution in [0.3, 0.4) is 0 Å². The molecule has 13 heavy (non-hydrogen) atoms. The van der Waals surface area contributed by atoms with Crippen LogP contribution in [0.15, 0.2) is 0 Å². The fourth-order valence-corrected chi connectivity index (χ4v) is 0.719. The van der Waals surface area contributed by atoms with Crippen LogP contribution in [-0.2, 0) is 4.79 Å². The molecule has 0 aliphatic carbocycles. The van der Waals surface area contributed by atoms with Crippen LogP contribution in [0.1, 0.15) is 20.3 Å². The average Bonchev–Trinajstić information content (AvgIpc) is 2.11. The van der Waals surface area contributed by atoms with Crippen LogP contribution < -0.4 is 22.3 Å². The summed E-state index contributed by atoms with van der Waals surface area (Å²) in [6, 6.07) is -1.44. The molecule has 76 valence electrons. The van der Waals surface area contributed by atoms with E-state index in [-0.39, 0.29) is 5.92 Å². The Morgan fingerprint density at radius 1 is 1.38 bits per heavy atom. The molecular weight excluding hydrogens is 172 g/mol. The van der Waals surface area contributed by atoms with E-state index in [1.165, 1.54) is 0 Å². The molecule has 0 rings (SSSR count). The lowest BCUT2D eigenvalue weighted by Crippen LogP contribution is -2.52. The molecule has 0 fully saturated rings. The van der Waals surface area contributed by atoms with Crippen molar-refractivity contribution >= 4 is 11.9 Å². The lowest BCUT2D eigenvalue weighted by Gasteiger charge is -2.17. The normalized spacial score (nSPS) is 14.4. The van der Waals surface area contributed by atoms with Gasteiger partial charge in [-0.15, -0.1) is 0 Å². The number of hydrazine groups is 1. The minimum Gasteiger partial charge on any atom is -0.350 e. The predicted molar refractivity (Wildman–Crippen MR) is 48.3 cm³/mol. The van der Waals surface area contributed by atoms with E-state index in [4.69, 9.17) is 11.5 Å². The van der Waals surface area contributed by atoms with E-state index in [0.717, 1.165) is 6.42 Å². The Bertz CT molecular complexity index is 195. The number of rotatable bonds is 3. The molecule has 3 amide bonds. The first-order valence-electron chi connectivity index (χ1n) is 4.09. The molecule has 0 bridgehead atoms. The van der Waals surface area contributed by atoms with Crippen molar-refractivity contribution in [3.8, 4) is 0 Å². The van der Waals surface area contributed by atoms with Gasteiger partial charge in [-0.05, 0) is 5.92 Å². The van der Waals surface area contributed by atoms with E-state index in [2.05, 4.69) is 5.43 Å². The van der Waals surface area contributed by atoms with Gasteiger partial charge in [0.2, 0.25) is 0 Å². The van der Waals surface area contributed by atoms with Gasteiger partial charge in [-0.2, -0.15) is 0 Å². The van der Waals surface area contributed by atoms with Crippen LogP contribution in [-0.4, -0.2) is 18.0 Å². The van der Waals surface area contributed by atoms with Gasteiger partial charge < -0.3 is 11.5 Å². The zero-order valence-electron chi connectivity index (χ0n) is 7.83. The maximum absolute atomic E-state index is 11.1. The number of carbonyl (C=O) groups excluding carboxylic acids is 2. The molecule has 0 spiro atoms. The molecule has 0 aliphatic heterocycles. The Morgan fingerprint density at radius 2 is 1.92 bits per heavy atom. The van der Waals surface area contributed by atoms with Crippen molar-refractivity contribution in [2.24, 2.45) is 17.4 Å². The number of hydrogen-bond donors (Lipinski definition) is 4. The average molecular weight is 188 g/mol. The molecule has 6 N–H and O–H groups in total. The number of urea groups is 1. The molecule has 0 heterocycles. The third-order valence-electron chi connectivity index (χ3n) is 1.87. The summed E-state index contributed by atoms with van der Waals surface area (Å²) in [5.41, 5.74) is 14.4. The van der Waals surface area contributed by atoms with Crippen LogP contribution in [0.5, 0.6) is 0 Å². The number of carbonyl (C=O) groups is 2. The zero-order valence-corrected chi connectivity index (χ0v) is 7.83. The van der Waals surface area contributed by atoms with Gasteiger partial charge in [-0.3, -0.25) is 10.2 Å². The highest BCUT2D eigenvalue weighted by atomic mass is 16.2. The van der Waals surface area contributed by atoms with Crippen molar-refractivity contribution in [1.29, 1.82) is 0 Å². The smallest absolute Gasteiger partial charge is 0.330 e. The predicted octanol–water partition coefficient (Wildman–Crippen LogP) is -0.941. The third-order valence-corrected chi connectivity index (χ3v) is 1.87. The lowest BCUT2D eigenvalue weighted by molar-refractivity contribution is -0.124. The first-order chi connectivity index (χ1) is 5.99. The summed E-state index contributed by atoms with van der Waals surface area (Å²) in [7, 11) is 0. The van der Waals surface area contributed by atoms with Crippen molar-refractivity contribution in [3.63, 3.8) is 0 Å². The molecule has 2 unspecified atom stereocenters. The first-order valence-corrected chi connectivity index (χ1v) is 4.09. The Labute approximate surface area is 77.0 Å². The van der Waals surface area contributed by atoms with Crippen molar-refractivity contribution in [2.45, 2.75) is 26.3 Å². The topological polar surface area (TPSA) is 110 Å². The van der Waals surface area contributed by atoms with Crippen LogP contribution in [0.4, 0.5) is 4.79 Å². The quantitative estimate of drug-likeness (QED) is 0.429. The lowest BCUT2D eigenvalue weighted by atomic mass is 10.00. The molecular formula is C7H16N4O2. The summed E-state index contributed by atoms with van der Waals surface area (Å²) in [6.45, 7) is 3.79. The van der Waals surface area contributed by atoms with Gasteiger partial charge in [0.05, 0.1) is 6.04 Å². The van der Waals surface area contributed by atoms with Crippen molar-refractivity contribution in [2.75, 3.05) is 0 Å². The highest BCUT2D eigenvalue weighted by Crippen LogP contribution is 2.04. The second kappa shape index (κ2) is 5.36. The summed E-state index contributed by atoms with van der Waals surface area (Å²) < 4.78 is 0.